The van der Waals surface area contributed by atoms with Crippen LogP contribution in [0.2, 0.25) is 0 Å². The molecule has 0 radical (unpaired) electrons. The number of methoxy groups -OCH3 is 1. The minimum atomic E-state index is -0.326. The van der Waals surface area contributed by atoms with Crippen LogP contribution in [0.5, 0.6) is 5.75 Å². The monoisotopic (exact) mass is 281 g/mol. The Bertz CT molecular complexity index is 656. The molecule has 0 bridgehead atoms. The second-order valence-corrected chi connectivity index (χ2v) is 4.45. The Labute approximate surface area is 123 Å². The van der Waals surface area contributed by atoms with Crippen LogP contribution in [0, 0.1) is 11.3 Å². The quantitative estimate of drug-likeness (QED) is 0.791. The molecular weight excluding hydrogens is 266 g/mol. The van der Waals surface area contributed by atoms with Crippen molar-refractivity contribution in [1.82, 2.24) is 0 Å². The predicted molar refractivity (Wildman–Crippen MR) is 77.7 cm³/mol. The molecule has 0 amide bonds. The molecule has 0 aromatic heterocycles. The summed E-state index contributed by atoms with van der Waals surface area (Å²) in [6.45, 7) is 0.110. The lowest BCUT2D eigenvalue weighted by molar-refractivity contribution is -0.144. The van der Waals surface area contributed by atoms with Gasteiger partial charge in [0.2, 0.25) is 0 Å². The topological polar surface area (TPSA) is 59.3 Å². The van der Waals surface area contributed by atoms with Gasteiger partial charge in [0.1, 0.15) is 12.4 Å². The number of esters is 1. The van der Waals surface area contributed by atoms with Gasteiger partial charge in [-0.3, -0.25) is 4.79 Å². The molecule has 0 saturated heterocycles. The first-order valence-corrected chi connectivity index (χ1v) is 6.49. The van der Waals surface area contributed by atoms with Crippen molar-refractivity contribution in [1.29, 1.82) is 5.26 Å². The molecule has 21 heavy (non-hydrogen) atoms. The van der Waals surface area contributed by atoms with E-state index in [1.54, 1.807) is 37.4 Å². The maximum Gasteiger partial charge on any atom is 0.310 e. The Morgan fingerprint density at radius 2 is 1.86 bits per heavy atom. The first-order valence-electron chi connectivity index (χ1n) is 6.49. The Morgan fingerprint density at radius 1 is 1.14 bits per heavy atom. The predicted octanol–water partition coefficient (Wildman–Crippen LogP) is 2.85. The Balaban J connectivity index is 1.91. The van der Waals surface area contributed by atoms with Gasteiger partial charge in [-0.1, -0.05) is 30.3 Å². The van der Waals surface area contributed by atoms with E-state index in [2.05, 4.69) is 6.07 Å². The van der Waals surface area contributed by atoms with E-state index in [1.807, 2.05) is 18.2 Å². The highest BCUT2D eigenvalue weighted by atomic mass is 16.5. The van der Waals surface area contributed by atoms with Gasteiger partial charge in [0, 0.05) is 5.56 Å². The second kappa shape index (κ2) is 7.11. The molecule has 0 unspecified atom stereocenters. The van der Waals surface area contributed by atoms with Crippen LogP contribution in [0.25, 0.3) is 0 Å². The molecular formula is C17H15NO3. The summed E-state index contributed by atoms with van der Waals surface area (Å²) < 4.78 is 10.3. The van der Waals surface area contributed by atoms with Crippen molar-refractivity contribution in [2.75, 3.05) is 7.11 Å². The SMILES string of the molecule is COc1ccc(CC(=O)OCc2ccccc2C#N)cc1. The van der Waals surface area contributed by atoms with Crippen molar-refractivity contribution in [3.05, 3.63) is 65.2 Å². The van der Waals surface area contributed by atoms with Gasteiger partial charge in [-0.2, -0.15) is 5.26 Å². The van der Waals surface area contributed by atoms with E-state index in [0.717, 1.165) is 11.3 Å². The third-order valence-electron chi connectivity index (χ3n) is 3.03. The second-order valence-electron chi connectivity index (χ2n) is 4.45. The van der Waals surface area contributed by atoms with Crippen LogP contribution in [0.3, 0.4) is 0 Å². The van der Waals surface area contributed by atoms with Crippen molar-refractivity contribution < 1.29 is 14.3 Å². The number of nitriles is 1. The summed E-state index contributed by atoms with van der Waals surface area (Å²) in [4.78, 5) is 11.8. The van der Waals surface area contributed by atoms with E-state index in [0.29, 0.717) is 11.1 Å². The standard InChI is InChI=1S/C17H15NO3/c1-20-16-8-6-13(7-9-16)10-17(19)21-12-15-5-3-2-4-14(15)11-18/h2-9H,10,12H2,1H3. The Hall–Kier alpha value is -2.80. The van der Waals surface area contributed by atoms with E-state index in [4.69, 9.17) is 14.7 Å². The summed E-state index contributed by atoms with van der Waals surface area (Å²) >= 11 is 0. The molecule has 2 aromatic carbocycles. The van der Waals surface area contributed by atoms with Gasteiger partial charge in [0.05, 0.1) is 25.2 Å². The number of hydrogen-bond acceptors (Lipinski definition) is 4. The fourth-order valence-electron chi connectivity index (χ4n) is 1.87. The number of benzene rings is 2. The fraction of sp³-hybridized carbons (Fsp3) is 0.176. The highest BCUT2D eigenvalue weighted by Crippen LogP contribution is 2.13. The highest BCUT2D eigenvalue weighted by molar-refractivity contribution is 5.72. The highest BCUT2D eigenvalue weighted by Gasteiger charge is 2.07. The third-order valence-corrected chi connectivity index (χ3v) is 3.03. The van der Waals surface area contributed by atoms with Crippen LogP contribution in [-0.2, 0) is 22.6 Å². The van der Waals surface area contributed by atoms with Crippen LogP contribution in [0.15, 0.2) is 48.5 Å². The molecule has 0 N–H and O–H groups in total. The van der Waals surface area contributed by atoms with Gasteiger partial charge < -0.3 is 9.47 Å². The van der Waals surface area contributed by atoms with Crippen LogP contribution in [0.1, 0.15) is 16.7 Å². The minimum Gasteiger partial charge on any atom is -0.497 e. The van der Waals surface area contributed by atoms with Gasteiger partial charge >= 0.3 is 5.97 Å². The first kappa shape index (κ1) is 14.6. The maximum absolute atomic E-state index is 11.8. The van der Waals surface area contributed by atoms with Crippen LogP contribution in [-0.4, -0.2) is 13.1 Å². The summed E-state index contributed by atoms with van der Waals surface area (Å²) in [6, 6.07) is 16.4. The zero-order valence-corrected chi connectivity index (χ0v) is 11.7. The molecule has 0 aliphatic carbocycles. The lowest BCUT2D eigenvalue weighted by Crippen LogP contribution is -2.08. The van der Waals surface area contributed by atoms with Gasteiger partial charge in [0.25, 0.3) is 0 Å². The molecule has 106 valence electrons. The maximum atomic E-state index is 11.8. The average Bonchev–Trinajstić information content (AvgIpc) is 2.54. The van der Waals surface area contributed by atoms with Gasteiger partial charge in [0.15, 0.2) is 0 Å². The van der Waals surface area contributed by atoms with Crippen LogP contribution < -0.4 is 4.74 Å². The van der Waals surface area contributed by atoms with Gasteiger partial charge in [-0.15, -0.1) is 0 Å². The summed E-state index contributed by atoms with van der Waals surface area (Å²) in [5, 5.41) is 8.97. The zero-order valence-electron chi connectivity index (χ0n) is 11.7. The van der Waals surface area contributed by atoms with Crippen molar-refractivity contribution in [3.8, 4) is 11.8 Å². The van der Waals surface area contributed by atoms with Crippen LogP contribution in [0.4, 0.5) is 0 Å². The van der Waals surface area contributed by atoms with Crippen LogP contribution >= 0.6 is 0 Å². The number of carbonyl (C=O) groups is 1. The molecule has 0 fully saturated rings. The smallest absolute Gasteiger partial charge is 0.310 e. The number of rotatable bonds is 5. The van der Waals surface area contributed by atoms with E-state index < -0.39 is 0 Å². The number of carbonyl (C=O) groups excluding carboxylic acids is 1. The Kier molecular flexibility index (Phi) is 4.94. The summed E-state index contributed by atoms with van der Waals surface area (Å²) in [6.07, 6.45) is 0.193. The van der Waals surface area contributed by atoms with Gasteiger partial charge in [-0.05, 0) is 23.8 Å². The molecule has 2 aromatic rings. The van der Waals surface area contributed by atoms with Gasteiger partial charge in [-0.25, -0.2) is 0 Å². The summed E-state index contributed by atoms with van der Waals surface area (Å²) in [5.41, 5.74) is 2.09. The summed E-state index contributed by atoms with van der Waals surface area (Å²) in [5.74, 6) is 0.419. The molecule has 4 heteroatoms. The van der Waals surface area contributed by atoms with E-state index in [9.17, 15) is 4.79 Å². The first-order chi connectivity index (χ1) is 10.2. The molecule has 0 aliphatic heterocycles. The molecule has 0 saturated carbocycles. The third kappa shape index (κ3) is 4.08. The average molecular weight is 281 g/mol. The lowest BCUT2D eigenvalue weighted by Gasteiger charge is -2.07. The number of nitrogens with zero attached hydrogens (tertiary/aromatic N) is 1. The molecule has 0 aliphatic rings. The van der Waals surface area contributed by atoms with Crippen molar-refractivity contribution in [2.24, 2.45) is 0 Å². The fourth-order valence-corrected chi connectivity index (χ4v) is 1.87. The summed E-state index contributed by atoms with van der Waals surface area (Å²) in [7, 11) is 1.59. The lowest BCUT2D eigenvalue weighted by atomic mass is 10.1. The normalized spacial score (nSPS) is 9.71. The van der Waals surface area contributed by atoms with Crippen molar-refractivity contribution >= 4 is 5.97 Å². The molecule has 0 heterocycles. The largest absolute Gasteiger partial charge is 0.497 e. The number of ether oxygens (including phenoxy) is 2. The van der Waals surface area contributed by atoms with E-state index in [1.165, 1.54) is 0 Å². The van der Waals surface area contributed by atoms with Crippen molar-refractivity contribution in [3.63, 3.8) is 0 Å². The molecule has 0 spiro atoms. The zero-order chi connectivity index (χ0) is 15.1. The Morgan fingerprint density at radius 3 is 2.52 bits per heavy atom. The molecule has 0 atom stereocenters. The van der Waals surface area contributed by atoms with Crippen molar-refractivity contribution in [2.45, 2.75) is 13.0 Å². The minimum absolute atomic E-state index is 0.110. The van der Waals surface area contributed by atoms with E-state index >= 15 is 0 Å². The number of hydrogen-bond donors (Lipinski definition) is 0. The molecule has 2 rings (SSSR count). The van der Waals surface area contributed by atoms with E-state index in [-0.39, 0.29) is 19.0 Å². The molecule has 4 nitrogen and oxygen atoms in total.